The van der Waals surface area contributed by atoms with Crippen molar-refractivity contribution in [1.82, 2.24) is 24.6 Å². The van der Waals surface area contributed by atoms with Crippen molar-refractivity contribution in [3.8, 4) is 11.9 Å². The first-order valence-corrected chi connectivity index (χ1v) is 10.3. The van der Waals surface area contributed by atoms with Crippen LogP contribution in [0.5, 0.6) is 5.88 Å². The normalized spacial score (nSPS) is 14.8. The molecule has 10 nitrogen and oxygen atoms in total. The third-order valence-corrected chi connectivity index (χ3v) is 5.40. The summed E-state index contributed by atoms with van der Waals surface area (Å²) in [6.07, 6.45) is 5.50. The Balaban J connectivity index is 1.64. The van der Waals surface area contributed by atoms with Crippen molar-refractivity contribution in [1.29, 1.82) is 5.26 Å². The molecule has 1 aliphatic carbocycles. The van der Waals surface area contributed by atoms with Crippen LogP contribution in [0.25, 0.3) is 11.7 Å². The lowest BCUT2D eigenvalue weighted by atomic mass is 10.2. The fourth-order valence-electron chi connectivity index (χ4n) is 3.24. The molecular formula is C21H17ClN8O2. The Kier molecular flexibility index (Phi) is 4.88. The average molecular weight is 449 g/mol. The van der Waals surface area contributed by atoms with Gasteiger partial charge in [-0.1, -0.05) is 11.6 Å². The van der Waals surface area contributed by atoms with E-state index in [1.54, 1.807) is 41.1 Å². The minimum atomic E-state index is -0.517. The number of nitrogens with one attached hydrogen (secondary N) is 3. The molecule has 1 saturated carbocycles. The minimum absolute atomic E-state index is 0.219. The highest BCUT2D eigenvalue weighted by atomic mass is 35.5. The van der Waals surface area contributed by atoms with Gasteiger partial charge in [0.1, 0.15) is 11.5 Å². The van der Waals surface area contributed by atoms with Gasteiger partial charge in [-0.05, 0) is 43.0 Å². The van der Waals surface area contributed by atoms with Crippen LogP contribution in [0.3, 0.4) is 0 Å². The smallest absolute Gasteiger partial charge is 0.326 e. The summed E-state index contributed by atoms with van der Waals surface area (Å²) in [5.74, 6) is 0.804. The van der Waals surface area contributed by atoms with Crippen molar-refractivity contribution in [3.05, 3.63) is 67.9 Å². The molecule has 0 saturated heterocycles. The average Bonchev–Trinajstić information content (AvgIpc) is 3.44. The number of imidazole rings is 1. The van der Waals surface area contributed by atoms with E-state index >= 15 is 0 Å². The molecule has 0 bridgehead atoms. The maximum absolute atomic E-state index is 11.5. The Morgan fingerprint density at radius 2 is 2.22 bits per heavy atom. The van der Waals surface area contributed by atoms with Crippen LogP contribution < -0.4 is 21.7 Å². The van der Waals surface area contributed by atoms with Crippen molar-refractivity contribution in [2.24, 2.45) is 10.9 Å². The number of aromatic hydroxyl groups is 1. The van der Waals surface area contributed by atoms with Crippen LogP contribution >= 0.6 is 11.6 Å². The second-order valence-electron chi connectivity index (χ2n) is 7.54. The Morgan fingerprint density at radius 1 is 1.38 bits per heavy atom. The summed E-state index contributed by atoms with van der Waals surface area (Å²) in [5.41, 5.74) is 1.84. The van der Waals surface area contributed by atoms with Crippen molar-refractivity contribution < 1.29 is 5.11 Å². The largest absolute Gasteiger partial charge is 0.493 e. The summed E-state index contributed by atoms with van der Waals surface area (Å²) in [5, 5.41) is 27.5. The molecule has 4 N–H and O–H groups in total. The van der Waals surface area contributed by atoms with Gasteiger partial charge in [-0.25, -0.2) is 9.78 Å². The molecule has 0 amide bonds. The highest BCUT2D eigenvalue weighted by Gasteiger charge is 2.20. The van der Waals surface area contributed by atoms with Gasteiger partial charge in [0, 0.05) is 17.8 Å². The SMILES string of the molecule is N#Cc1ccc(Nc2cc(=NCC3CC3)n3ncc(=Cc4[nH]c(=O)[nH]c4O)c3n2)c(Cl)c1. The molecule has 3 aromatic heterocycles. The fraction of sp³-hybridized carbons (Fsp3) is 0.190. The maximum atomic E-state index is 11.5. The van der Waals surface area contributed by atoms with Crippen LogP contribution in [0.15, 0.2) is 40.2 Å². The highest BCUT2D eigenvalue weighted by Crippen LogP contribution is 2.28. The zero-order valence-electron chi connectivity index (χ0n) is 16.6. The molecule has 4 aromatic rings. The first-order chi connectivity index (χ1) is 15.5. The summed E-state index contributed by atoms with van der Waals surface area (Å²) >= 11 is 6.31. The highest BCUT2D eigenvalue weighted by molar-refractivity contribution is 6.33. The minimum Gasteiger partial charge on any atom is -0.493 e. The van der Waals surface area contributed by atoms with Gasteiger partial charge in [-0.3, -0.25) is 9.98 Å². The Hall–Kier alpha value is -4.10. The zero-order chi connectivity index (χ0) is 22.2. The van der Waals surface area contributed by atoms with Gasteiger partial charge in [-0.15, -0.1) is 0 Å². The molecule has 0 radical (unpaired) electrons. The van der Waals surface area contributed by atoms with Crippen molar-refractivity contribution in [2.75, 3.05) is 11.9 Å². The van der Waals surface area contributed by atoms with Crippen molar-refractivity contribution in [2.45, 2.75) is 12.8 Å². The van der Waals surface area contributed by atoms with Gasteiger partial charge in [0.05, 0.1) is 28.5 Å². The number of aromatic amines is 2. The quantitative estimate of drug-likeness (QED) is 0.364. The number of hydrogen-bond acceptors (Lipinski definition) is 7. The van der Waals surface area contributed by atoms with Gasteiger partial charge >= 0.3 is 5.69 Å². The van der Waals surface area contributed by atoms with E-state index < -0.39 is 5.69 Å². The standard InChI is InChI=1S/C21H17ClN8O2/c22-14-5-12(8-23)3-4-15(14)26-17-7-18(24-9-11-1-2-11)30-19(28-17)13(10-25-30)6-16-20(31)29-21(32)27-16/h3-7,10-11,26,31H,1-2,9H2,(H2,27,29,32). The van der Waals surface area contributed by atoms with E-state index in [1.165, 1.54) is 12.8 Å². The lowest BCUT2D eigenvalue weighted by Gasteiger charge is -2.08. The molecule has 11 heteroatoms. The number of halogens is 1. The van der Waals surface area contributed by atoms with E-state index in [4.69, 9.17) is 21.9 Å². The molecule has 1 fully saturated rings. The maximum Gasteiger partial charge on any atom is 0.326 e. The lowest BCUT2D eigenvalue weighted by molar-refractivity contribution is 0.454. The topological polar surface area (TPSA) is 147 Å². The third kappa shape index (κ3) is 3.93. The van der Waals surface area contributed by atoms with Crippen LogP contribution in [0.4, 0.5) is 11.5 Å². The van der Waals surface area contributed by atoms with Crippen LogP contribution in [0.1, 0.15) is 24.1 Å². The molecule has 160 valence electrons. The summed E-state index contributed by atoms with van der Waals surface area (Å²) in [6, 6.07) is 8.77. The third-order valence-electron chi connectivity index (χ3n) is 5.08. The summed E-state index contributed by atoms with van der Waals surface area (Å²) in [6.45, 7) is 0.695. The van der Waals surface area contributed by atoms with Crippen molar-refractivity contribution >= 4 is 34.8 Å². The summed E-state index contributed by atoms with van der Waals surface area (Å²) in [7, 11) is 0. The summed E-state index contributed by atoms with van der Waals surface area (Å²) in [4.78, 5) is 25.6. The lowest BCUT2D eigenvalue weighted by Crippen LogP contribution is -2.20. The number of nitriles is 1. The number of hydrogen-bond donors (Lipinski definition) is 4. The van der Waals surface area contributed by atoms with Gasteiger partial charge in [0.25, 0.3) is 0 Å². The van der Waals surface area contributed by atoms with E-state index in [9.17, 15) is 9.90 Å². The van der Waals surface area contributed by atoms with Crippen molar-refractivity contribution in [3.63, 3.8) is 0 Å². The number of nitrogens with zero attached hydrogens (tertiary/aromatic N) is 5. The Bertz CT molecular complexity index is 1560. The Labute approximate surface area is 185 Å². The summed E-state index contributed by atoms with van der Waals surface area (Å²) < 4.78 is 1.61. The van der Waals surface area contributed by atoms with Gasteiger partial charge in [0.15, 0.2) is 11.1 Å². The molecule has 0 aliphatic heterocycles. The Morgan fingerprint density at radius 3 is 2.91 bits per heavy atom. The zero-order valence-corrected chi connectivity index (χ0v) is 17.4. The predicted molar refractivity (Wildman–Crippen MR) is 117 cm³/mol. The fourth-order valence-corrected chi connectivity index (χ4v) is 3.46. The molecule has 5 rings (SSSR count). The van der Waals surface area contributed by atoms with E-state index in [0.29, 0.717) is 50.9 Å². The molecule has 3 heterocycles. The number of aromatic nitrogens is 5. The molecule has 1 aliphatic rings. The number of fused-ring (bicyclic) bond motifs is 1. The van der Waals surface area contributed by atoms with E-state index in [1.807, 2.05) is 0 Å². The molecular weight excluding hydrogens is 432 g/mol. The van der Waals surface area contributed by atoms with E-state index in [0.717, 1.165) is 0 Å². The molecule has 0 atom stereocenters. The number of rotatable bonds is 5. The molecule has 0 unspecified atom stereocenters. The number of H-pyrrole nitrogens is 2. The van der Waals surface area contributed by atoms with Crippen LogP contribution in [-0.2, 0) is 0 Å². The number of benzene rings is 1. The van der Waals surface area contributed by atoms with Gasteiger partial charge in [-0.2, -0.15) is 14.9 Å². The molecule has 32 heavy (non-hydrogen) atoms. The second-order valence-corrected chi connectivity index (χ2v) is 7.94. The van der Waals surface area contributed by atoms with E-state index in [2.05, 4.69) is 31.4 Å². The van der Waals surface area contributed by atoms with Crippen LogP contribution in [-0.4, -0.2) is 36.2 Å². The van der Waals surface area contributed by atoms with E-state index in [-0.39, 0.29) is 11.6 Å². The number of anilines is 2. The van der Waals surface area contributed by atoms with Gasteiger partial charge < -0.3 is 15.4 Å². The van der Waals surface area contributed by atoms with Crippen LogP contribution in [0, 0.1) is 17.2 Å². The first kappa shape index (κ1) is 19.8. The van der Waals surface area contributed by atoms with Crippen LogP contribution in [0.2, 0.25) is 5.02 Å². The first-order valence-electron chi connectivity index (χ1n) is 9.89. The monoisotopic (exact) mass is 448 g/mol. The molecule has 1 aromatic carbocycles. The predicted octanol–water partition coefficient (Wildman–Crippen LogP) is 1.58. The second kappa shape index (κ2) is 7.86. The molecule has 0 spiro atoms. The van der Waals surface area contributed by atoms with Gasteiger partial charge in [0.2, 0.25) is 5.88 Å².